The second-order valence-corrected chi connectivity index (χ2v) is 7.02. The van der Waals surface area contributed by atoms with E-state index in [2.05, 4.69) is 15.6 Å². The number of ether oxygens (including phenoxy) is 1. The zero-order valence-electron chi connectivity index (χ0n) is 14.3. The lowest BCUT2D eigenvalue weighted by atomic mass is 9.85. The number of anilines is 2. The fourth-order valence-electron chi connectivity index (χ4n) is 2.50. The first-order chi connectivity index (χ1) is 12.1. The summed E-state index contributed by atoms with van der Waals surface area (Å²) in [5, 5.41) is 6.63. The minimum absolute atomic E-state index is 0.00172. The molecule has 0 spiro atoms. The van der Waals surface area contributed by atoms with Crippen molar-refractivity contribution in [1.29, 1.82) is 0 Å². The highest BCUT2D eigenvalue weighted by atomic mass is 32.1. The molecule has 0 saturated heterocycles. The second kappa shape index (κ2) is 7.65. The molecule has 1 heterocycles. The van der Waals surface area contributed by atoms with Crippen LogP contribution >= 0.6 is 11.3 Å². The van der Waals surface area contributed by atoms with E-state index in [0.29, 0.717) is 15.8 Å². The fourth-order valence-corrected chi connectivity index (χ4v) is 3.38. The molecule has 1 fully saturated rings. The van der Waals surface area contributed by atoms with Gasteiger partial charge < -0.3 is 10.1 Å². The molecule has 2 amide bonds. The summed E-state index contributed by atoms with van der Waals surface area (Å²) in [5.41, 5.74) is 2.64. The van der Waals surface area contributed by atoms with Crippen molar-refractivity contribution in [3.05, 3.63) is 29.8 Å². The van der Waals surface area contributed by atoms with Crippen LogP contribution in [0.25, 0.3) is 11.3 Å². The van der Waals surface area contributed by atoms with E-state index in [1.807, 2.05) is 31.2 Å². The van der Waals surface area contributed by atoms with Gasteiger partial charge in [0.2, 0.25) is 5.91 Å². The van der Waals surface area contributed by atoms with Gasteiger partial charge in [0.1, 0.15) is 10.7 Å². The van der Waals surface area contributed by atoms with Gasteiger partial charge in [-0.25, -0.2) is 9.78 Å². The van der Waals surface area contributed by atoms with Crippen molar-refractivity contribution in [2.75, 3.05) is 17.2 Å². The summed E-state index contributed by atoms with van der Waals surface area (Å²) < 4.78 is 4.95. The predicted molar refractivity (Wildman–Crippen MR) is 98.9 cm³/mol. The van der Waals surface area contributed by atoms with Crippen LogP contribution in [0.2, 0.25) is 0 Å². The lowest BCUT2D eigenvalue weighted by Gasteiger charge is -2.23. The molecule has 2 aromatic rings. The zero-order valence-corrected chi connectivity index (χ0v) is 15.1. The fraction of sp³-hybridized carbons (Fsp3) is 0.389. The van der Waals surface area contributed by atoms with E-state index in [4.69, 9.17) is 4.74 Å². The van der Waals surface area contributed by atoms with Crippen LogP contribution in [0.1, 0.15) is 31.7 Å². The summed E-state index contributed by atoms with van der Waals surface area (Å²) in [6.45, 7) is 4.04. The molecule has 3 rings (SSSR count). The molecule has 7 heteroatoms. The van der Waals surface area contributed by atoms with Crippen molar-refractivity contribution >= 4 is 33.5 Å². The van der Waals surface area contributed by atoms with E-state index >= 15 is 0 Å². The molecule has 1 aliphatic carbocycles. The van der Waals surface area contributed by atoms with Crippen molar-refractivity contribution < 1.29 is 14.3 Å². The molecule has 0 bridgehead atoms. The summed E-state index contributed by atoms with van der Waals surface area (Å²) >= 11 is 1.24. The van der Waals surface area contributed by atoms with E-state index in [1.54, 1.807) is 6.92 Å². The minimum Gasteiger partial charge on any atom is -0.450 e. The molecule has 132 valence electrons. The van der Waals surface area contributed by atoms with Crippen LogP contribution in [0.5, 0.6) is 0 Å². The minimum atomic E-state index is -0.531. The van der Waals surface area contributed by atoms with E-state index in [1.165, 1.54) is 11.3 Å². The molecule has 6 nitrogen and oxygen atoms in total. The Morgan fingerprint density at radius 1 is 1.24 bits per heavy atom. The Bertz CT molecular complexity index is 766. The zero-order chi connectivity index (χ0) is 17.8. The number of carbonyl (C=O) groups excluding carboxylic acids is 2. The second-order valence-electron chi connectivity index (χ2n) is 6.03. The van der Waals surface area contributed by atoms with Crippen LogP contribution in [0, 0.1) is 12.8 Å². The highest BCUT2D eigenvalue weighted by Crippen LogP contribution is 2.37. The first-order valence-electron chi connectivity index (χ1n) is 8.39. The van der Waals surface area contributed by atoms with Gasteiger partial charge in [0.15, 0.2) is 5.13 Å². The van der Waals surface area contributed by atoms with Crippen LogP contribution in [0.3, 0.4) is 0 Å². The maximum atomic E-state index is 12.2. The number of benzene rings is 1. The van der Waals surface area contributed by atoms with Crippen molar-refractivity contribution in [3.63, 3.8) is 0 Å². The van der Waals surface area contributed by atoms with Gasteiger partial charge in [-0.15, -0.1) is 0 Å². The number of hydrogen-bond donors (Lipinski definition) is 2. The van der Waals surface area contributed by atoms with Gasteiger partial charge in [0.25, 0.3) is 0 Å². The van der Waals surface area contributed by atoms with Crippen LogP contribution in [0.4, 0.5) is 14.9 Å². The number of nitrogens with one attached hydrogen (secondary N) is 2. The maximum Gasteiger partial charge on any atom is 0.412 e. The molecule has 1 aliphatic rings. The quantitative estimate of drug-likeness (QED) is 0.828. The molecule has 25 heavy (non-hydrogen) atoms. The molecule has 0 unspecified atom stereocenters. The molecular formula is C18H21N3O3S. The van der Waals surface area contributed by atoms with Crippen LogP contribution in [-0.4, -0.2) is 23.6 Å². The predicted octanol–water partition coefficient (Wildman–Crippen LogP) is 4.43. The number of nitrogens with zero attached hydrogens (tertiary/aromatic N) is 1. The van der Waals surface area contributed by atoms with E-state index in [-0.39, 0.29) is 18.4 Å². The number of hydrogen-bond acceptors (Lipinski definition) is 5. The number of thiazole rings is 1. The summed E-state index contributed by atoms with van der Waals surface area (Å²) in [5.74, 6) is 0.0753. The SMILES string of the molecule is CCOC(=O)Nc1sc(NC(=O)C2CCC2)nc1-c1ccc(C)cc1. The van der Waals surface area contributed by atoms with Crippen LogP contribution in [0.15, 0.2) is 24.3 Å². The smallest absolute Gasteiger partial charge is 0.412 e. The standard InChI is InChI=1S/C18H21N3O3S/c1-3-24-18(23)21-16-14(12-9-7-11(2)8-10-12)19-17(25-16)20-15(22)13-5-4-6-13/h7-10,13H,3-6H2,1-2H3,(H,21,23)(H,19,20,22). The van der Waals surface area contributed by atoms with E-state index in [0.717, 1.165) is 30.4 Å². The molecule has 0 atom stereocenters. The third-order valence-corrected chi connectivity index (χ3v) is 5.04. The molecule has 0 radical (unpaired) electrons. The molecule has 1 saturated carbocycles. The monoisotopic (exact) mass is 359 g/mol. The third-order valence-electron chi connectivity index (χ3n) is 4.15. The first kappa shape index (κ1) is 17.4. The Kier molecular flexibility index (Phi) is 5.33. The van der Waals surface area contributed by atoms with Crippen molar-refractivity contribution in [3.8, 4) is 11.3 Å². The van der Waals surface area contributed by atoms with Gasteiger partial charge in [-0.3, -0.25) is 10.1 Å². The molecule has 2 N–H and O–H groups in total. The topological polar surface area (TPSA) is 80.3 Å². The number of aryl methyl sites for hydroxylation is 1. The number of aromatic nitrogens is 1. The molecule has 1 aromatic carbocycles. The third kappa shape index (κ3) is 4.17. The summed E-state index contributed by atoms with van der Waals surface area (Å²) in [7, 11) is 0. The van der Waals surface area contributed by atoms with Gasteiger partial charge in [0.05, 0.1) is 6.61 Å². The average molecular weight is 359 g/mol. The van der Waals surface area contributed by atoms with E-state index < -0.39 is 6.09 Å². The highest BCUT2D eigenvalue weighted by molar-refractivity contribution is 7.20. The number of carbonyl (C=O) groups is 2. The Morgan fingerprint density at radius 2 is 1.96 bits per heavy atom. The van der Waals surface area contributed by atoms with Gasteiger partial charge in [-0.05, 0) is 26.7 Å². The largest absolute Gasteiger partial charge is 0.450 e. The first-order valence-corrected chi connectivity index (χ1v) is 9.21. The van der Waals surface area contributed by atoms with Crippen molar-refractivity contribution in [1.82, 2.24) is 4.98 Å². The molecule has 0 aliphatic heterocycles. The van der Waals surface area contributed by atoms with Crippen LogP contribution < -0.4 is 10.6 Å². The average Bonchev–Trinajstić information content (AvgIpc) is 2.88. The Labute approximate surface area is 150 Å². The van der Waals surface area contributed by atoms with Gasteiger partial charge in [-0.1, -0.05) is 47.6 Å². The Morgan fingerprint density at radius 3 is 2.56 bits per heavy atom. The molecule has 1 aromatic heterocycles. The van der Waals surface area contributed by atoms with Crippen LogP contribution in [-0.2, 0) is 9.53 Å². The van der Waals surface area contributed by atoms with Gasteiger partial charge in [-0.2, -0.15) is 0 Å². The van der Waals surface area contributed by atoms with Gasteiger partial charge >= 0.3 is 6.09 Å². The number of rotatable bonds is 5. The normalized spacial score (nSPS) is 13.8. The lowest BCUT2D eigenvalue weighted by Crippen LogP contribution is -2.27. The van der Waals surface area contributed by atoms with Crippen molar-refractivity contribution in [2.45, 2.75) is 33.1 Å². The maximum absolute atomic E-state index is 12.2. The Balaban J connectivity index is 1.85. The summed E-state index contributed by atoms with van der Waals surface area (Å²) in [4.78, 5) is 28.5. The lowest BCUT2D eigenvalue weighted by molar-refractivity contribution is -0.122. The number of amides is 2. The summed E-state index contributed by atoms with van der Waals surface area (Å²) in [6, 6.07) is 7.85. The highest BCUT2D eigenvalue weighted by Gasteiger charge is 2.26. The summed E-state index contributed by atoms with van der Waals surface area (Å²) in [6.07, 6.45) is 2.42. The molecular weight excluding hydrogens is 338 g/mol. The van der Waals surface area contributed by atoms with E-state index in [9.17, 15) is 9.59 Å². The van der Waals surface area contributed by atoms with Crippen molar-refractivity contribution in [2.24, 2.45) is 5.92 Å². The van der Waals surface area contributed by atoms with Gasteiger partial charge in [0, 0.05) is 11.5 Å². The Hall–Kier alpha value is -2.41.